The Hall–Kier alpha value is -4.22. The molecule has 0 amide bonds. The first-order valence-corrected chi connectivity index (χ1v) is 14.0. The maximum absolute atomic E-state index is 14.7. The van der Waals surface area contributed by atoms with Gasteiger partial charge in [0, 0.05) is 69.3 Å². The number of aromatic nitrogens is 4. The van der Waals surface area contributed by atoms with Crippen molar-refractivity contribution in [3.05, 3.63) is 88.9 Å². The number of rotatable bonds is 11. The summed E-state index contributed by atoms with van der Waals surface area (Å²) >= 11 is 0. The molecular formula is C31H35F2N7O2. The van der Waals surface area contributed by atoms with E-state index in [0.717, 1.165) is 45.2 Å². The number of Topliss-reactive ketones (excluding diaryl/α,β-unsaturated/α-hetero) is 1. The number of H-pyrrole nitrogens is 1. The summed E-state index contributed by atoms with van der Waals surface area (Å²) in [5.74, 6) is -1.29. The number of aromatic amines is 1. The predicted molar refractivity (Wildman–Crippen MR) is 157 cm³/mol. The van der Waals surface area contributed by atoms with Crippen LogP contribution < -0.4 is 10.1 Å². The molecule has 3 heterocycles. The molecular weight excluding hydrogens is 540 g/mol. The minimum absolute atomic E-state index is 0.00715. The van der Waals surface area contributed by atoms with Gasteiger partial charge in [0.25, 0.3) is 5.92 Å². The number of carbonyl (C=O) groups excluding carboxylic acids is 1. The Morgan fingerprint density at radius 1 is 1.05 bits per heavy atom. The van der Waals surface area contributed by atoms with E-state index in [2.05, 4.69) is 42.2 Å². The molecule has 220 valence electrons. The van der Waals surface area contributed by atoms with Crippen LogP contribution in [0.3, 0.4) is 0 Å². The average molecular weight is 576 g/mol. The minimum atomic E-state index is -3.02. The Balaban J connectivity index is 1.29. The molecule has 0 radical (unpaired) electrons. The van der Waals surface area contributed by atoms with Crippen LogP contribution in [0, 0.1) is 6.92 Å². The number of likely N-dealkylation sites (N-methyl/N-ethyl adjacent to an activating group) is 1. The van der Waals surface area contributed by atoms with E-state index in [1.807, 2.05) is 6.92 Å². The predicted octanol–water partition coefficient (Wildman–Crippen LogP) is 5.72. The topological polar surface area (TPSA) is 99.3 Å². The lowest BCUT2D eigenvalue weighted by Gasteiger charge is -2.34. The van der Waals surface area contributed by atoms with E-state index in [-0.39, 0.29) is 17.8 Å². The summed E-state index contributed by atoms with van der Waals surface area (Å²) in [5, 5.41) is 9.75. The first-order chi connectivity index (χ1) is 20.2. The van der Waals surface area contributed by atoms with Crippen LogP contribution in [-0.4, -0.2) is 68.5 Å². The Bertz CT molecular complexity index is 1510. The van der Waals surface area contributed by atoms with E-state index in [4.69, 9.17) is 4.74 Å². The van der Waals surface area contributed by atoms with Crippen molar-refractivity contribution in [2.24, 2.45) is 0 Å². The highest BCUT2D eigenvalue weighted by Crippen LogP contribution is 2.32. The van der Waals surface area contributed by atoms with Gasteiger partial charge in [0.15, 0.2) is 5.78 Å². The summed E-state index contributed by atoms with van der Waals surface area (Å²) in [4.78, 5) is 26.2. The van der Waals surface area contributed by atoms with E-state index in [1.54, 1.807) is 48.7 Å². The summed E-state index contributed by atoms with van der Waals surface area (Å²) in [6, 6.07) is 13.6. The monoisotopic (exact) mass is 575 g/mol. The number of carbonyl (C=O) groups is 1. The number of piperazine rings is 1. The van der Waals surface area contributed by atoms with Crippen LogP contribution in [0.2, 0.25) is 0 Å². The molecule has 0 atom stereocenters. The fraction of sp³-hybridized carbons (Fsp3) is 0.355. The van der Waals surface area contributed by atoms with Crippen molar-refractivity contribution < 1.29 is 18.3 Å². The van der Waals surface area contributed by atoms with E-state index >= 15 is 0 Å². The van der Waals surface area contributed by atoms with E-state index < -0.39 is 5.92 Å². The summed E-state index contributed by atoms with van der Waals surface area (Å²) in [6.45, 7) is 9.93. The molecule has 5 rings (SSSR count). The second-order valence-electron chi connectivity index (χ2n) is 10.6. The molecule has 9 nitrogen and oxygen atoms in total. The van der Waals surface area contributed by atoms with Crippen LogP contribution >= 0.6 is 0 Å². The highest BCUT2D eigenvalue weighted by atomic mass is 19.3. The highest BCUT2D eigenvalue weighted by Gasteiger charge is 2.29. The van der Waals surface area contributed by atoms with Crippen LogP contribution in [-0.2, 0) is 18.9 Å². The SMILES string of the molecule is CCN1CCN(Cc2ccc(CC(=O)c3ccc(C)c(Oc4cc(Nc5ccn[nH]5)ncn4)c3)cc2C(C)(F)F)CC1. The van der Waals surface area contributed by atoms with Crippen LogP contribution in [0.1, 0.15) is 46.5 Å². The molecule has 11 heteroatoms. The zero-order chi connectivity index (χ0) is 29.7. The van der Waals surface area contributed by atoms with Gasteiger partial charge in [-0.2, -0.15) is 5.10 Å². The van der Waals surface area contributed by atoms with Crippen LogP contribution in [0.15, 0.2) is 61.1 Å². The summed E-state index contributed by atoms with van der Waals surface area (Å²) in [6.07, 6.45) is 2.98. The Kier molecular flexibility index (Phi) is 8.89. The molecule has 2 aromatic carbocycles. The van der Waals surface area contributed by atoms with Gasteiger partial charge in [-0.3, -0.25) is 14.8 Å². The van der Waals surface area contributed by atoms with Crippen molar-refractivity contribution in [1.29, 1.82) is 0 Å². The molecule has 1 aliphatic heterocycles. The molecule has 1 saturated heterocycles. The molecule has 1 fully saturated rings. The smallest absolute Gasteiger partial charge is 0.270 e. The van der Waals surface area contributed by atoms with Crippen molar-refractivity contribution in [1.82, 2.24) is 30.0 Å². The third-order valence-corrected chi connectivity index (χ3v) is 7.45. The van der Waals surface area contributed by atoms with Crippen molar-refractivity contribution in [3.63, 3.8) is 0 Å². The lowest BCUT2D eigenvalue weighted by molar-refractivity contribution is 0.0153. The van der Waals surface area contributed by atoms with Crippen molar-refractivity contribution in [3.8, 4) is 11.6 Å². The number of alkyl halides is 2. The third kappa shape index (κ3) is 7.34. The average Bonchev–Trinajstić information content (AvgIpc) is 3.48. The molecule has 0 unspecified atom stereocenters. The number of ketones is 1. The molecule has 0 bridgehead atoms. The lowest BCUT2D eigenvalue weighted by atomic mass is 9.95. The maximum atomic E-state index is 14.7. The summed E-state index contributed by atoms with van der Waals surface area (Å²) in [7, 11) is 0. The zero-order valence-corrected chi connectivity index (χ0v) is 24.0. The number of aryl methyl sites for hydroxylation is 1. The third-order valence-electron chi connectivity index (χ3n) is 7.45. The van der Waals surface area contributed by atoms with E-state index in [0.29, 0.717) is 46.5 Å². The van der Waals surface area contributed by atoms with Gasteiger partial charge < -0.3 is 15.0 Å². The van der Waals surface area contributed by atoms with Crippen molar-refractivity contribution >= 4 is 17.4 Å². The fourth-order valence-corrected chi connectivity index (χ4v) is 5.00. The van der Waals surface area contributed by atoms with Gasteiger partial charge in [-0.15, -0.1) is 0 Å². The van der Waals surface area contributed by atoms with E-state index in [9.17, 15) is 13.6 Å². The number of ether oxygens (including phenoxy) is 1. The fourth-order valence-electron chi connectivity index (χ4n) is 5.00. The number of hydrogen-bond donors (Lipinski definition) is 2. The number of nitrogens with zero attached hydrogens (tertiary/aromatic N) is 5. The van der Waals surface area contributed by atoms with Gasteiger partial charge in [-0.1, -0.05) is 31.2 Å². The molecule has 4 aromatic rings. The summed E-state index contributed by atoms with van der Waals surface area (Å²) < 4.78 is 35.4. The number of anilines is 2. The largest absolute Gasteiger partial charge is 0.439 e. The number of halogens is 2. The van der Waals surface area contributed by atoms with Crippen molar-refractivity contribution in [2.45, 2.75) is 39.7 Å². The van der Waals surface area contributed by atoms with Gasteiger partial charge in [0.05, 0.1) is 6.20 Å². The molecule has 2 aromatic heterocycles. The van der Waals surface area contributed by atoms with Gasteiger partial charge >= 0.3 is 0 Å². The standard InChI is InChI=1S/C31H35F2N7O2/c1-4-39-11-13-40(14-12-39)19-24-8-6-22(15-25(24)31(3,32)33)16-26(41)23-7-5-21(2)27(17-23)42-30-18-29(34-20-35-30)37-28-9-10-36-38-28/h5-10,15,17-18,20H,4,11-14,16,19H2,1-3H3,(H2,34,35,36,37,38). The van der Waals surface area contributed by atoms with Gasteiger partial charge in [0.1, 0.15) is 23.7 Å². The zero-order valence-electron chi connectivity index (χ0n) is 24.0. The van der Waals surface area contributed by atoms with Crippen LogP contribution in [0.5, 0.6) is 11.6 Å². The van der Waals surface area contributed by atoms with Crippen molar-refractivity contribution in [2.75, 3.05) is 38.0 Å². The van der Waals surface area contributed by atoms with Crippen LogP contribution in [0.4, 0.5) is 20.4 Å². The second-order valence-corrected chi connectivity index (χ2v) is 10.6. The Morgan fingerprint density at radius 3 is 2.55 bits per heavy atom. The molecule has 1 aliphatic rings. The second kappa shape index (κ2) is 12.7. The number of nitrogens with one attached hydrogen (secondary N) is 2. The van der Waals surface area contributed by atoms with Crippen LogP contribution in [0.25, 0.3) is 0 Å². The summed E-state index contributed by atoms with van der Waals surface area (Å²) in [5.41, 5.74) is 2.35. The molecule has 0 spiro atoms. The number of benzene rings is 2. The normalized spacial score (nSPS) is 14.6. The first kappa shape index (κ1) is 29.3. The first-order valence-electron chi connectivity index (χ1n) is 14.0. The minimum Gasteiger partial charge on any atom is -0.439 e. The molecule has 2 N–H and O–H groups in total. The highest BCUT2D eigenvalue weighted by molar-refractivity contribution is 5.98. The maximum Gasteiger partial charge on any atom is 0.270 e. The van der Waals surface area contributed by atoms with Gasteiger partial charge in [-0.25, -0.2) is 18.7 Å². The Morgan fingerprint density at radius 2 is 1.83 bits per heavy atom. The number of hydrogen-bond acceptors (Lipinski definition) is 8. The molecule has 0 aliphatic carbocycles. The molecule has 0 saturated carbocycles. The van der Waals surface area contributed by atoms with Gasteiger partial charge in [0.2, 0.25) is 5.88 Å². The quantitative estimate of drug-likeness (QED) is 0.219. The molecule has 42 heavy (non-hydrogen) atoms. The Labute approximate surface area is 243 Å². The van der Waals surface area contributed by atoms with E-state index in [1.165, 1.54) is 12.4 Å². The lowest BCUT2D eigenvalue weighted by Crippen LogP contribution is -2.45. The van der Waals surface area contributed by atoms with Gasteiger partial charge in [-0.05, 0) is 42.3 Å².